The number of benzene rings is 1. The van der Waals surface area contributed by atoms with E-state index >= 15 is 0 Å². The van der Waals surface area contributed by atoms with Crippen LogP contribution in [0.15, 0.2) is 30.3 Å². The highest BCUT2D eigenvalue weighted by Gasteiger charge is 2.17. The fourth-order valence-electron chi connectivity index (χ4n) is 1.74. The van der Waals surface area contributed by atoms with E-state index in [1.54, 1.807) is 7.05 Å². The molecule has 0 atom stereocenters. The number of hydrogen-bond acceptors (Lipinski definition) is 3. The Bertz CT molecular complexity index is 458. The van der Waals surface area contributed by atoms with Gasteiger partial charge in [-0.15, -0.1) is 0 Å². The van der Waals surface area contributed by atoms with Crippen molar-refractivity contribution in [2.24, 2.45) is 0 Å². The standard InChI is InChI=1S/C14H24N2O2S/c1-13(2)15-10-7-11-19(17,18)16(3)12-14-8-5-4-6-9-14/h4-6,8-9,13,15H,7,10-12H2,1-3H3. The molecule has 1 aromatic carbocycles. The molecule has 0 amide bonds. The topological polar surface area (TPSA) is 49.4 Å². The van der Waals surface area contributed by atoms with Crippen LogP contribution in [0.2, 0.25) is 0 Å². The van der Waals surface area contributed by atoms with Gasteiger partial charge in [-0.25, -0.2) is 12.7 Å². The van der Waals surface area contributed by atoms with Crippen LogP contribution in [0.3, 0.4) is 0 Å². The SMILES string of the molecule is CC(C)NCCCS(=O)(=O)N(C)Cc1ccccc1. The average Bonchev–Trinajstić information content (AvgIpc) is 2.35. The van der Waals surface area contributed by atoms with E-state index in [4.69, 9.17) is 0 Å². The van der Waals surface area contributed by atoms with Crippen molar-refractivity contribution in [1.29, 1.82) is 0 Å². The Morgan fingerprint density at radius 3 is 2.42 bits per heavy atom. The van der Waals surface area contributed by atoms with E-state index in [-0.39, 0.29) is 5.75 Å². The molecule has 0 fully saturated rings. The normalized spacial score (nSPS) is 12.3. The van der Waals surface area contributed by atoms with Crippen LogP contribution >= 0.6 is 0 Å². The maximum absolute atomic E-state index is 12.1. The molecule has 1 aromatic rings. The first kappa shape index (κ1) is 16.1. The van der Waals surface area contributed by atoms with Gasteiger partial charge in [0.1, 0.15) is 0 Å². The van der Waals surface area contributed by atoms with Gasteiger partial charge in [0.05, 0.1) is 5.75 Å². The van der Waals surface area contributed by atoms with Gasteiger partial charge in [0.15, 0.2) is 0 Å². The minimum atomic E-state index is -3.16. The van der Waals surface area contributed by atoms with Crippen molar-refractivity contribution >= 4 is 10.0 Å². The Balaban J connectivity index is 2.43. The second-order valence-electron chi connectivity index (χ2n) is 5.02. The Hall–Kier alpha value is -0.910. The lowest BCUT2D eigenvalue weighted by molar-refractivity contribution is 0.463. The molecule has 1 N–H and O–H groups in total. The van der Waals surface area contributed by atoms with Gasteiger partial charge >= 0.3 is 0 Å². The Morgan fingerprint density at radius 2 is 1.84 bits per heavy atom. The summed E-state index contributed by atoms with van der Waals surface area (Å²) in [6.07, 6.45) is 0.639. The minimum absolute atomic E-state index is 0.191. The molecule has 19 heavy (non-hydrogen) atoms. The predicted molar refractivity (Wildman–Crippen MR) is 79.5 cm³/mol. The third-order valence-corrected chi connectivity index (χ3v) is 4.74. The fourth-order valence-corrected chi connectivity index (χ4v) is 2.91. The summed E-state index contributed by atoms with van der Waals surface area (Å²) in [7, 11) is -1.53. The summed E-state index contributed by atoms with van der Waals surface area (Å²) in [5.74, 6) is 0.191. The minimum Gasteiger partial charge on any atom is -0.314 e. The summed E-state index contributed by atoms with van der Waals surface area (Å²) in [6, 6.07) is 10.0. The predicted octanol–water partition coefficient (Wildman–Crippen LogP) is 1.84. The molecule has 0 bridgehead atoms. The van der Waals surface area contributed by atoms with Crippen LogP contribution in [0.1, 0.15) is 25.8 Å². The van der Waals surface area contributed by atoms with Gasteiger partial charge in [-0.3, -0.25) is 0 Å². The van der Waals surface area contributed by atoms with E-state index in [0.29, 0.717) is 19.0 Å². The third kappa shape index (κ3) is 6.18. The van der Waals surface area contributed by atoms with Crippen LogP contribution < -0.4 is 5.32 Å². The lowest BCUT2D eigenvalue weighted by atomic mass is 10.2. The van der Waals surface area contributed by atoms with Crippen molar-refractivity contribution < 1.29 is 8.42 Å². The molecule has 0 aromatic heterocycles. The van der Waals surface area contributed by atoms with Crippen molar-refractivity contribution in [2.75, 3.05) is 19.3 Å². The highest BCUT2D eigenvalue weighted by Crippen LogP contribution is 2.08. The van der Waals surface area contributed by atoms with Gasteiger partial charge in [0.25, 0.3) is 0 Å². The maximum atomic E-state index is 12.1. The van der Waals surface area contributed by atoms with E-state index in [9.17, 15) is 8.42 Å². The second kappa shape index (κ2) is 7.62. The third-order valence-electron chi connectivity index (χ3n) is 2.85. The van der Waals surface area contributed by atoms with Crippen LogP contribution in [0.5, 0.6) is 0 Å². The quantitative estimate of drug-likeness (QED) is 0.741. The molecule has 4 nitrogen and oxygen atoms in total. The summed E-state index contributed by atoms with van der Waals surface area (Å²) in [5.41, 5.74) is 1.01. The van der Waals surface area contributed by atoms with Gasteiger partial charge < -0.3 is 5.32 Å². The first-order valence-corrected chi connectivity index (χ1v) is 8.24. The summed E-state index contributed by atoms with van der Waals surface area (Å²) in [4.78, 5) is 0. The first-order valence-electron chi connectivity index (χ1n) is 6.63. The van der Waals surface area contributed by atoms with Gasteiger partial charge in [-0.1, -0.05) is 44.2 Å². The zero-order valence-electron chi connectivity index (χ0n) is 12.0. The molecule has 0 radical (unpaired) electrons. The van der Waals surface area contributed by atoms with Crippen molar-refractivity contribution in [3.05, 3.63) is 35.9 Å². The zero-order chi connectivity index (χ0) is 14.3. The van der Waals surface area contributed by atoms with Crippen LogP contribution in [0.25, 0.3) is 0 Å². The molecule has 0 aliphatic carbocycles. The molecule has 0 saturated carbocycles. The van der Waals surface area contributed by atoms with Gasteiger partial charge in [0.2, 0.25) is 10.0 Å². The average molecular weight is 284 g/mol. The van der Waals surface area contributed by atoms with Gasteiger partial charge in [-0.05, 0) is 18.5 Å². The van der Waals surface area contributed by atoms with E-state index in [1.165, 1.54) is 4.31 Å². The highest BCUT2D eigenvalue weighted by molar-refractivity contribution is 7.89. The van der Waals surface area contributed by atoms with E-state index < -0.39 is 10.0 Å². The number of nitrogens with one attached hydrogen (secondary N) is 1. The lowest BCUT2D eigenvalue weighted by Crippen LogP contribution is -2.31. The number of hydrogen-bond donors (Lipinski definition) is 1. The summed E-state index contributed by atoms with van der Waals surface area (Å²) < 4.78 is 25.6. The molecule has 0 aliphatic rings. The smallest absolute Gasteiger partial charge is 0.214 e. The van der Waals surface area contributed by atoms with Crippen LogP contribution in [0.4, 0.5) is 0 Å². The molecule has 0 spiro atoms. The Morgan fingerprint density at radius 1 is 1.21 bits per heavy atom. The van der Waals surface area contributed by atoms with E-state index in [0.717, 1.165) is 12.1 Å². The molecule has 0 heterocycles. The molecular formula is C14H24N2O2S. The molecule has 0 unspecified atom stereocenters. The van der Waals surface area contributed by atoms with Crippen molar-refractivity contribution in [3.8, 4) is 0 Å². The molecule has 0 aliphatic heterocycles. The van der Waals surface area contributed by atoms with Crippen molar-refractivity contribution in [1.82, 2.24) is 9.62 Å². The summed E-state index contributed by atoms with van der Waals surface area (Å²) >= 11 is 0. The first-order chi connectivity index (χ1) is 8.92. The van der Waals surface area contributed by atoms with Crippen molar-refractivity contribution in [3.63, 3.8) is 0 Å². The Labute approximate surface area is 116 Å². The summed E-state index contributed by atoms with van der Waals surface area (Å²) in [6.45, 7) is 5.27. The monoisotopic (exact) mass is 284 g/mol. The lowest BCUT2D eigenvalue weighted by Gasteiger charge is -2.17. The number of rotatable bonds is 8. The largest absolute Gasteiger partial charge is 0.314 e. The van der Waals surface area contributed by atoms with E-state index in [1.807, 2.05) is 30.3 Å². The fraction of sp³-hybridized carbons (Fsp3) is 0.571. The second-order valence-corrected chi connectivity index (χ2v) is 7.22. The zero-order valence-corrected chi connectivity index (χ0v) is 12.8. The highest BCUT2D eigenvalue weighted by atomic mass is 32.2. The van der Waals surface area contributed by atoms with Crippen LogP contribution in [0, 0.1) is 0 Å². The molecule has 0 saturated heterocycles. The van der Waals surface area contributed by atoms with Gasteiger partial charge in [0, 0.05) is 19.6 Å². The number of sulfonamides is 1. The maximum Gasteiger partial charge on any atom is 0.214 e. The van der Waals surface area contributed by atoms with Gasteiger partial charge in [-0.2, -0.15) is 0 Å². The van der Waals surface area contributed by atoms with Crippen molar-refractivity contribution in [2.45, 2.75) is 32.9 Å². The number of nitrogens with zero attached hydrogens (tertiary/aromatic N) is 1. The van der Waals surface area contributed by atoms with Crippen LogP contribution in [-0.2, 0) is 16.6 Å². The summed E-state index contributed by atoms with van der Waals surface area (Å²) in [5, 5.41) is 3.22. The molecule has 108 valence electrons. The molecule has 1 rings (SSSR count). The molecular weight excluding hydrogens is 260 g/mol. The Kier molecular flexibility index (Phi) is 6.48. The van der Waals surface area contributed by atoms with E-state index in [2.05, 4.69) is 19.2 Å². The molecule has 5 heteroatoms. The van der Waals surface area contributed by atoms with Crippen LogP contribution in [-0.4, -0.2) is 38.1 Å².